The highest BCUT2D eigenvalue weighted by atomic mass is 16.5. The van der Waals surface area contributed by atoms with E-state index in [1.54, 1.807) is 31.4 Å². The van der Waals surface area contributed by atoms with E-state index < -0.39 is 0 Å². The number of fused-ring (bicyclic) bond motifs is 1. The minimum Gasteiger partial charge on any atom is -0.497 e. The van der Waals surface area contributed by atoms with Gasteiger partial charge in [0, 0.05) is 11.5 Å². The highest BCUT2D eigenvalue weighted by molar-refractivity contribution is 6.10. The SMILES string of the molecule is COc1ccc(C(=O)c2cc3ccccc3o2)c(OC)c1. The molecule has 0 fully saturated rings. The molecule has 4 nitrogen and oxygen atoms in total. The first kappa shape index (κ1) is 13.2. The molecule has 3 rings (SSSR count). The number of para-hydroxylation sites is 1. The van der Waals surface area contributed by atoms with Crippen molar-refractivity contribution >= 4 is 16.8 Å². The molecule has 0 N–H and O–H groups in total. The fourth-order valence-electron chi connectivity index (χ4n) is 2.21. The van der Waals surface area contributed by atoms with Crippen LogP contribution in [0.25, 0.3) is 11.0 Å². The highest BCUT2D eigenvalue weighted by Gasteiger charge is 2.19. The summed E-state index contributed by atoms with van der Waals surface area (Å²) in [6.07, 6.45) is 0. The topological polar surface area (TPSA) is 48.7 Å². The molecule has 4 heteroatoms. The lowest BCUT2D eigenvalue weighted by Crippen LogP contribution is -2.03. The van der Waals surface area contributed by atoms with Crippen molar-refractivity contribution in [3.05, 3.63) is 59.9 Å². The van der Waals surface area contributed by atoms with E-state index in [4.69, 9.17) is 13.9 Å². The molecule has 0 aliphatic carbocycles. The number of benzene rings is 2. The monoisotopic (exact) mass is 282 g/mol. The molecule has 21 heavy (non-hydrogen) atoms. The van der Waals surface area contributed by atoms with Crippen LogP contribution < -0.4 is 9.47 Å². The number of carbonyl (C=O) groups excluding carboxylic acids is 1. The first-order valence-corrected chi connectivity index (χ1v) is 6.48. The van der Waals surface area contributed by atoms with Crippen LogP contribution in [0.3, 0.4) is 0 Å². The summed E-state index contributed by atoms with van der Waals surface area (Å²) < 4.78 is 16.0. The van der Waals surface area contributed by atoms with Crippen molar-refractivity contribution in [2.45, 2.75) is 0 Å². The maximum atomic E-state index is 12.6. The number of methoxy groups -OCH3 is 2. The second-order valence-electron chi connectivity index (χ2n) is 4.54. The molecular formula is C17H14O4. The largest absolute Gasteiger partial charge is 0.497 e. The molecule has 0 aliphatic heterocycles. The lowest BCUT2D eigenvalue weighted by Gasteiger charge is -2.08. The predicted octanol–water partition coefficient (Wildman–Crippen LogP) is 3.68. The number of ketones is 1. The zero-order chi connectivity index (χ0) is 14.8. The van der Waals surface area contributed by atoms with E-state index in [0.717, 1.165) is 5.39 Å². The van der Waals surface area contributed by atoms with Crippen molar-refractivity contribution in [1.29, 1.82) is 0 Å². The van der Waals surface area contributed by atoms with Crippen LogP contribution in [-0.4, -0.2) is 20.0 Å². The molecule has 0 radical (unpaired) electrons. The summed E-state index contributed by atoms with van der Waals surface area (Å²) in [5, 5.41) is 0.897. The third kappa shape index (κ3) is 2.36. The summed E-state index contributed by atoms with van der Waals surface area (Å²) in [5.41, 5.74) is 1.13. The fourth-order valence-corrected chi connectivity index (χ4v) is 2.21. The van der Waals surface area contributed by atoms with Crippen LogP contribution in [0.15, 0.2) is 52.9 Å². The van der Waals surface area contributed by atoms with Gasteiger partial charge in [-0.3, -0.25) is 4.79 Å². The van der Waals surface area contributed by atoms with Crippen molar-refractivity contribution in [1.82, 2.24) is 0 Å². The second-order valence-corrected chi connectivity index (χ2v) is 4.54. The Morgan fingerprint density at radius 2 is 1.81 bits per heavy atom. The summed E-state index contributed by atoms with van der Waals surface area (Å²) in [6.45, 7) is 0. The fraction of sp³-hybridized carbons (Fsp3) is 0.118. The summed E-state index contributed by atoms with van der Waals surface area (Å²) in [7, 11) is 3.08. The predicted molar refractivity (Wildman–Crippen MR) is 79.2 cm³/mol. The molecule has 1 aromatic heterocycles. The quantitative estimate of drug-likeness (QED) is 0.685. The summed E-state index contributed by atoms with van der Waals surface area (Å²) in [4.78, 5) is 12.6. The van der Waals surface area contributed by atoms with Crippen molar-refractivity contribution in [3.63, 3.8) is 0 Å². The molecule has 2 aromatic carbocycles. The Morgan fingerprint density at radius 1 is 1.00 bits per heavy atom. The van der Waals surface area contributed by atoms with Crippen molar-refractivity contribution < 1.29 is 18.7 Å². The van der Waals surface area contributed by atoms with Gasteiger partial charge in [0.1, 0.15) is 17.1 Å². The highest BCUT2D eigenvalue weighted by Crippen LogP contribution is 2.28. The maximum absolute atomic E-state index is 12.6. The number of furan rings is 1. The van der Waals surface area contributed by atoms with Gasteiger partial charge in [-0.2, -0.15) is 0 Å². The zero-order valence-electron chi connectivity index (χ0n) is 11.8. The number of hydrogen-bond acceptors (Lipinski definition) is 4. The Morgan fingerprint density at radius 3 is 2.52 bits per heavy atom. The van der Waals surface area contributed by atoms with Gasteiger partial charge in [0.15, 0.2) is 5.76 Å². The van der Waals surface area contributed by atoms with Crippen LogP contribution >= 0.6 is 0 Å². The van der Waals surface area contributed by atoms with Crippen molar-refractivity contribution in [3.8, 4) is 11.5 Å². The van der Waals surface area contributed by atoms with E-state index in [2.05, 4.69) is 0 Å². The van der Waals surface area contributed by atoms with E-state index >= 15 is 0 Å². The number of rotatable bonds is 4. The normalized spacial score (nSPS) is 10.6. The van der Waals surface area contributed by atoms with Crippen molar-refractivity contribution in [2.24, 2.45) is 0 Å². The van der Waals surface area contributed by atoms with Crippen LogP contribution in [0.5, 0.6) is 11.5 Å². The molecule has 3 aromatic rings. The van der Waals surface area contributed by atoms with Gasteiger partial charge in [0.25, 0.3) is 0 Å². The van der Waals surface area contributed by atoms with Gasteiger partial charge in [-0.15, -0.1) is 0 Å². The molecule has 0 amide bonds. The van der Waals surface area contributed by atoms with Gasteiger partial charge < -0.3 is 13.9 Å². The van der Waals surface area contributed by atoms with Gasteiger partial charge in [-0.05, 0) is 24.3 Å². The number of ether oxygens (including phenoxy) is 2. The van der Waals surface area contributed by atoms with Crippen LogP contribution in [0.1, 0.15) is 16.1 Å². The molecule has 0 unspecified atom stereocenters. The molecule has 0 aliphatic rings. The Balaban J connectivity index is 2.05. The van der Waals surface area contributed by atoms with Crippen LogP contribution in [0, 0.1) is 0 Å². The molecule has 0 atom stereocenters. The van der Waals surface area contributed by atoms with Crippen LogP contribution in [0.4, 0.5) is 0 Å². The standard InChI is InChI=1S/C17H14O4/c1-19-12-7-8-13(15(10-12)20-2)17(18)16-9-11-5-3-4-6-14(11)21-16/h3-10H,1-2H3. The van der Waals surface area contributed by atoms with E-state index in [9.17, 15) is 4.79 Å². The van der Waals surface area contributed by atoms with Crippen LogP contribution in [-0.2, 0) is 0 Å². The Kier molecular flexibility index (Phi) is 3.36. The first-order chi connectivity index (χ1) is 10.2. The molecule has 0 saturated carbocycles. The van der Waals surface area contributed by atoms with Gasteiger partial charge in [-0.1, -0.05) is 18.2 Å². The Labute approximate surface area is 121 Å². The van der Waals surface area contributed by atoms with Gasteiger partial charge >= 0.3 is 0 Å². The summed E-state index contributed by atoms with van der Waals surface area (Å²) in [6, 6.07) is 14.3. The van der Waals surface area contributed by atoms with Crippen LogP contribution in [0.2, 0.25) is 0 Å². The van der Waals surface area contributed by atoms with Gasteiger partial charge in [-0.25, -0.2) is 0 Å². The third-order valence-corrected chi connectivity index (χ3v) is 3.30. The number of carbonyl (C=O) groups is 1. The third-order valence-electron chi connectivity index (χ3n) is 3.30. The molecule has 106 valence electrons. The van der Waals surface area contributed by atoms with Crippen molar-refractivity contribution in [2.75, 3.05) is 14.2 Å². The second kappa shape index (κ2) is 5.32. The van der Waals surface area contributed by atoms with E-state index in [0.29, 0.717) is 28.4 Å². The lowest BCUT2D eigenvalue weighted by atomic mass is 10.1. The molecule has 1 heterocycles. The summed E-state index contributed by atoms with van der Waals surface area (Å²) in [5.74, 6) is 1.16. The minimum absolute atomic E-state index is 0.217. The average molecular weight is 282 g/mol. The Bertz CT molecular complexity index is 768. The van der Waals surface area contributed by atoms with Gasteiger partial charge in [0.05, 0.1) is 19.8 Å². The average Bonchev–Trinajstić information content (AvgIpc) is 2.97. The first-order valence-electron chi connectivity index (χ1n) is 6.48. The summed E-state index contributed by atoms with van der Waals surface area (Å²) >= 11 is 0. The van der Waals surface area contributed by atoms with Gasteiger partial charge in [0.2, 0.25) is 5.78 Å². The minimum atomic E-state index is -0.217. The lowest BCUT2D eigenvalue weighted by molar-refractivity contribution is 0.101. The molecular weight excluding hydrogens is 268 g/mol. The van der Waals surface area contributed by atoms with E-state index in [1.165, 1.54) is 7.11 Å². The smallest absolute Gasteiger partial charge is 0.231 e. The Hall–Kier alpha value is -2.75. The zero-order valence-corrected chi connectivity index (χ0v) is 11.8. The van der Waals surface area contributed by atoms with E-state index in [-0.39, 0.29) is 5.78 Å². The number of hydrogen-bond donors (Lipinski definition) is 0. The maximum Gasteiger partial charge on any atom is 0.231 e. The molecule has 0 saturated heterocycles. The van der Waals surface area contributed by atoms with E-state index in [1.807, 2.05) is 24.3 Å². The molecule has 0 bridgehead atoms. The molecule has 0 spiro atoms.